The average Bonchev–Trinajstić information content (AvgIpc) is 2.12. The molecule has 0 aliphatic rings. The molecule has 1 unspecified atom stereocenters. The molecule has 0 rings (SSSR count). The Balaban J connectivity index is 3.38. The molecule has 13 heavy (non-hydrogen) atoms. The molecule has 0 bridgehead atoms. The van der Waals surface area contributed by atoms with E-state index in [9.17, 15) is 0 Å². The van der Waals surface area contributed by atoms with Crippen molar-refractivity contribution < 1.29 is 0 Å². The predicted octanol–water partition coefficient (Wildman–Crippen LogP) is 4.50. The van der Waals surface area contributed by atoms with Crippen LogP contribution in [-0.4, -0.2) is 16.8 Å². The number of alkyl halides is 1. The highest BCUT2D eigenvalue weighted by molar-refractivity contribution is 9.09. The third-order valence-corrected chi connectivity index (χ3v) is 3.74. The van der Waals surface area contributed by atoms with Crippen LogP contribution in [0.3, 0.4) is 0 Å². The lowest BCUT2D eigenvalue weighted by molar-refractivity contribution is 0.637. The summed E-state index contributed by atoms with van der Waals surface area (Å²) >= 11 is 5.49. The molecule has 0 fully saturated rings. The molecule has 0 aliphatic carbocycles. The molecule has 1 atom stereocenters. The van der Waals surface area contributed by atoms with Crippen LogP contribution in [0.15, 0.2) is 11.6 Å². The first kappa shape index (κ1) is 13.6. The fourth-order valence-electron chi connectivity index (χ4n) is 0.839. The van der Waals surface area contributed by atoms with Crippen LogP contribution in [0.5, 0.6) is 0 Å². The van der Waals surface area contributed by atoms with Crippen LogP contribution in [0.1, 0.15) is 33.6 Å². The van der Waals surface area contributed by atoms with E-state index in [1.165, 1.54) is 29.9 Å². The number of halogens is 1. The number of hydrogen-bond donors (Lipinski definition) is 0. The van der Waals surface area contributed by atoms with Gasteiger partial charge in [0.05, 0.1) is 0 Å². The molecule has 2 heteroatoms. The van der Waals surface area contributed by atoms with E-state index < -0.39 is 0 Å². The highest BCUT2D eigenvalue weighted by atomic mass is 79.9. The lowest BCUT2D eigenvalue weighted by Gasteiger charge is -2.05. The van der Waals surface area contributed by atoms with Crippen LogP contribution < -0.4 is 0 Å². The van der Waals surface area contributed by atoms with Crippen molar-refractivity contribution in [3.8, 4) is 0 Å². The van der Waals surface area contributed by atoms with Crippen LogP contribution in [0, 0.1) is 5.92 Å². The SMILES string of the molecule is CCC(C)CSC/C=C(\C)CCBr. The van der Waals surface area contributed by atoms with Gasteiger partial charge in [0, 0.05) is 11.1 Å². The maximum absolute atomic E-state index is 3.45. The smallest absolute Gasteiger partial charge is 0.0115 e. The van der Waals surface area contributed by atoms with Gasteiger partial charge in [-0.1, -0.05) is 47.8 Å². The second-order valence-corrected chi connectivity index (χ2v) is 5.41. The van der Waals surface area contributed by atoms with E-state index in [0.29, 0.717) is 0 Å². The molecule has 0 spiro atoms. The second-order valence-electron chi connectivity index (χ2n) is 3.54. The lowest BCUT2D eigenvalue weighted by Crippen LogP contribution is -1.95. The summed E-state index contributed by atoms with van der Waals surface area (Å²) in [5, 5.41) is 1.09. The van der Waals surface area contributed by atoms with Crippen molar-refractivity contribution in [1.29, 1.82) is 0 Å². The standard InChI is InChI=1S/C11H21BrS/c1-4-10(2)9-13-8-6-11(3)5-7-12/h6,10H,4-5,7-9H2,1-3H3/b11-6+. The first-order valence-electron chi connectivity index (χ1n) is 5.00. The average molecular weight is 265 g/mol. The van der Waals surface area contributed by atoms with Gasteiger partial charge < -0.3 is 0 Å². The Morgan fingerprint density at radius 3 is 2.77 bits per heavy atom. The Labute approximate surface area is 95.7 Å². The molecule has 0 radical (unpaired) electrons. The van der Waals surface area contributed by atoms with E-state index >= 15 is 0 Å². The van der Waals surface area contributed by atoms with Crippen molar-refractivity contribution in [2.45, 2.75) is 33.6 Å². The molecule has 0 aromatic rings. The van der Waals surface area contributed by atoms with E-state index in [2.05, 4.69) is 42.8 Å². The number of hydrogen-bond acceptors (Lipinski definition) is 1. The largest absolute Gasteiger partial charge is 0.158 e. The van der Waals surface area contributed by atoms with Gasteiger partial charge in [-0.15, -0.1) is 0 Å². The monoisotopic (exact) mass is 264 g/mol. The summed E-state index contributed by atoms with van der Waals surface area (Å²) in [6, 6.07) is 0. The molecule has 0 amide bonds. The molecule has 0 aromatic carbocycles. The van der Waals surface area contributed by atoms with E-state index in [4.69, 9.17) is 0 Å². The third kappa shape index (κ3) is 8.89. The zero-order chi connectivity index (χ0) is 10.1. The van der Waals surface area contributed by atoms with Gasteiger partial charge in [0.25, 0.3) is 0 Å². The van der Waals surface area contributed by atoms with E-state index in [1.807, 2.05) is 11.8 Å². The molecule has 0 saturated carbocycles. The molecular formula is C11H21BrS. The summed E-state index contributed by atoms with van der Waals surface area (Å²) in [5.74, 6) is 3.35. The van der Waals surface area contributed by atoms with Crippen molar-refractivity contribution in [3.05, 3.63) is 11.6 Å². The maximum atomic E-state index is 3.45. The molecule has 0 nitrogen and oxygen atoms in total. The Bertz CT molecular complexity index is 143. The third-order valence-electron chi connectivity index (χ3n) is 2.14. The van der Waals surface area contributed by atoms with Crippen molar-refractivity contribution in [1.82, 2.24) is 0 Å². The summed E-state index contributed by atoms with van der Waals surface area (Å²) in [4.78, 5) is 0. The fourth-order valence-corrected chi connectivity index (χ4v) is 2.64. The van der Waals surface area contributed by atoms with Gasteiger partial charge >= 0.3 is 0 Å². The predicted molar refractivity (Wildman–Crippen MR) is 68.9 cm³/mol. The van der Waals surface area contributed by atoms with Gasteiger partial charge in [-0.3, -0.25) is 0 Å². The first-order chi connectivity index (χ1) is 6.20. The quantitative estimate of drug-likeness (QED) is 0.371. The molecule has 0 aromatic heterocycles. The Kier molecular flexibility index (Phi) is 9.54. The van der Waals surface area contributed by atoms with Crippen molar-refractivity contribution in [3.63, 3.8) is 0 Å². The minimum atomic E-state index is 0.870. The summed E-state index contributed by atoms with van der Waals surface area (Å²) < 4.78 is 0. The minimum Gasteiger partial charge on any atom is -0.158 e. The zero-order valence-corrected chi connectivity index (χ0v) is 11.4. The van der Waals surface area contributed by atoms with E-state index in [-0.39, 0.29) is 0 Å². The molecule has 0 aliphatic heterocycles. The normalized spacial score (nSPS) is 14.6. The van der Waals surface area contributed by atoms with E-state index in [1.54, 1.807) is 0 Å². The van der Waals surface area contributed by atoms with Gasteiger partial charge in [0.15, 0.2) is 0 Å². The summed E-state index contributed by atoms with van der Waals surface area (Å²) in [6.07, 6.45) is 4.84. The van der Waals surface area contributed by atoms with Crippen LogP contribution >= 0.6 is 27.7 Å². The number of allylic oxidation sites excluding steroid dienone is 1. The Hall–Kier alpha value is 0.570. The topological polar surface area (TPSA) is 0 Å². The van der Waals surface area contributed by atoms with Gasteiger partial charge in [0.1, 0.15) is 0 Å². The van der Waals surface area contributed by atoms with Crippen molar-refractivity contribution in [2.75, 3.05) is 16.8 Å². The lowest BCUT2D eigenvalue weighted by atomic mass is 10.2. The van der Waals surface area contributed by atoms with Crippen LogP contribution in [-0.2, 0) is 0 Å². The van der Waals surface area contributed by atoms with Gasteiger partial charge in [-0.05, 0) is 25.0 Å². The highest BCUT2D eigenvalue weighted by Crippen LogP contribution is 2.12. The van der Waals surface area contributed by atoms with Crippen LogP contribution in [0.4, 0.5) is 0 Å². The van der Waals surface area contributed by atoms with Gasteiger partial charge in [-0.2, -0.15) is 11.8 Å². The summed E-state index contributed by atoms with van der Waals surface area (Å²) in [6.45, 7) is 6.80. The Morgan fingerprint density at radius 2 is 2.23 bits per heavy atom. The van der Waals surface area contributed by atoms with Crippen LogP contribution in [0.25, 0.3) is 0 Å². The molecule has 0 saturated heterocycles. The van der Waals surface area contributed by atoms with Crippen LogP contribution in [0.2, 0.25) is 0 Å². The van der Waals surface area contributed by atoms with Crippen molar-refractivity contribution >= 4 is 27.7 Å². The highest BCUT2D eigenvalue weighted by Gasteiger charge is 1.97. The summed E-state index contributed by atoms with van der Waals surface area (Å²) in [7, 11) is 0. The zero-order valence-electron chi connectivity index (χ0n) is 8.98. The second kappa shape index (κ2) is 9.14. The Morgan fingerprint density at radius 1 is 1.54 bits per heavy atom. The molecule has 0 heterocycles. The maximum Gasteiger partial charge on any atom is 0.0115 e. The van der Waals surface area contributed by atoms with E-state index in [0.717, 1.165) is 11.2 Å². The molecular weight excluding hydrogens is 244 g/mol. The molecule has 78 valence electrons. The van der Waals surface area contributed by atoms with Gasteiger partial charge in [0.2, 0.25) is 0 Å². The van der Waals surface area contributed by atoms with Gasteiger partial charge in [-0.25, -0.2) is 0 Å². The molecule has 0 N–H and O–H groups in total. The number of thioether (sulfide) groups is 1. The van der Waals surface area contributed by atoms with Crippen molar-refractivity contribution in [2.24, 2.45) is 5.92 Å². The first-order valence-corrected chi connectivity index (χ1v) is 7.27. The number of rotatable bonds is 7. The fraction of sp³-hybridized carbons (Fsp3) is 0.818. The summed E-state index contributed by atoms with van der Waals surface area (Å²) in [5.41, 5.74) is 1.51. The minimum absolute atomic E-state index is 0.870.